The number of aromatic nitrogens is 2. The Morgan fingerprint density at radius 3 is 2.44 bits per heavy atom. The zero-order valence-electron chi connectivity index (χ0n) is 14.4. The van der Waals surface area contributed by atoms with Gasteiger partial charge in [-0.3, -0.25) is 0 Å². The lowest BCUT2D eigenvalue weighted by atomic mass is 10.1. The molecule has 0 bridgehead atoms. The fourth-order valence-corrected chi connectivity index (χ4v) is 2.32. The molecule has 6 nitrogen and oxygen atoms in total. The predicted molar refractivity (Wildman–Crippen MR) is 98.7 cm³/mol. The summed E-state index contributed by atoms with van der Waals surface area (Å²) < 4.78 is 11.1. The molecule has 3 N–H and O–H groups in total. The van der Waals surface area contributed by atoms with E-state index < -0.39 is 0 Å². The minimum absolute atomic E-state index is 0.269. The fraction of sp³-hybridized carbons (Fsp3) is 0.158. The smallest absolute Gasteiger partial charge is 0.248 e. The van der Waals surface area contributed by atoms with Crippen LogP contribution in [-0.4, -0.2) is 17.1 Å². The van der Waals surface area contributed by atoms with E-state index in [0.717, 1.165) is 5.69 Å². The Hall–Kier alpha value is -3.28. The second kappa shape index (κ2) is 7.09. The quantitative estimate of drug-likeness (QED) is 0.726. The van der Waals surface area contributed by atoms with Gasteiger partial charge in [0.2, 0.25) is 5.88 Å². The Morgan fingerprint density at radius 2 is 1.72 bits per heavy atom. The minimum Gasteiger partial charge on any atom is -0.493 e. The third kappa shape index (κ3) is 3.63. The highest BCUT2D eigenvalue weighted by Gasteiger charge is 2.13. The van der Waals surface area contributed by atoms with Gasteiger partial charge in [-0.15, -0.1) is 0 Å². The molecule has 25 heavy (non-hydrogen) atoms. The lowest BCUT2D eigenvalue weighted by molar-refractivity contribution is 0.374. The van der Waals surface area contributed by atoms with Crippen molar-refractivity contribution in [3.63, 3.8) is 0 Å². The molecule has 3 rings (SSSR count). The highest BCUT2D eigenvalue weighted by atomic mass is 16.5. The van der Waals surface area contributed by atoms with Gasteiger partial charge in [-0.2, -0.15) is 4.98 Å². The van der Waals surface area contributed by atoms with Crippen LogP contribution in [0.3, 0.4) is 0 Å². The Kier molecular flexibility index (Phi) is 4.70. The second-order valence-electron chi connectivity index (χ2n) is 5.62. The van der Waals surface area contributed by atoms with Crippen molar-refractivity contribution in [3.8, 4) is 17.4 Å². The molecular weight excluding hydrogens is 316 g/mol. The number of nitrogens with two attached hydrogens (primary N) is 1. The molecule has 0 atom stereocenters. The molecule has 0 aliphatic heterocycles. The molecule has 0 radical (unpaired) electrons. The standard InChI is InChI=1S/C19H20N4O2/c1-12-8-9-14(10-13(12)2)23-18-17(20)19(22-11-21-18)25-16-7-5-4-6-15(16)24-3/h4-11H,20H2,1-3H3,(H,21,22,23). The number of methoxy groups -OCH3 is 1. The number of ether oxygens (including phenoxy) is 2. The molecular formula is C19H20N4O2. The normalized spacial score (nSPS) is 10.4. The summed E-state index contributed by atoms with van der Waals surface area (Å²) in [6, 6.07) is 13.4. The molecule has 1 aromatic heterocycles. The topological polar surface area (TPSA) is 82.3 Å². The van der Waals surface area contributed by atoms with Crippen molar-refractivity contribution >= 4 is 17.2 Å². The third-order valence-corrected chi connectivity index (χ3v) is 3.89. The van der Waals surface area contributed by atoms with Crippen molar-refractivity contribution in [2.24, 2.45) is 0 Å². The van der Waals surface area contributed by atoms with Crippen LogP contribution >= 0.6 is 0 Å². The first kappa shape index (κ1) is 16.6. The number of nitrogens with zero attached hydrogens (tertiary/aromatic N) is 2. The number of rotatable bonds is 5. The third-order valence-electron chi connectivity index (χ3n) is 3.89. The monoisotopic (exact) mass is 336 g/mol. The predicted octanol–water partition coefficient (Wildman–Crippen LogP) is 4.22. The van der Waals surface area contributed by atoms with Gasteiger partial charge in [-0.1, -0.05) is 18.2 Å². The number of para-hydroxylation sites is 2. The van der Waals surface area contributed by atoms with E-state index >= 15 is 0 Å². The van der Waals surface area contributed by atoms with Gasteiger partial charge in [-0.05, 0) is 49.2 Å². The van der Waals surface area contributed by atoms with Crippen LogP contribution in [0.2, 0.25) is 0 Å². The first-order valence-corrected chi connectivity index (χ1v) is 7.84. The summed E-state index contributed by atoms with van der Waals surface area (Å²) in [4.78, 5) is 8.34. The first-order chi connectivity index (χ1) is 12.1. The van der Waals surface area contributed by atoms with Gasteiger partial charge in [0.1, 0.15) is 12.0 Å². The zero-order valence-corrected chi connectivity index (χ0v) is 14.4. The second-order valence-corrected chi connectivity index (χ2v) is 5.62. The maximum absolute atomic E-state index is 6.19. The van der Waals surface area contributed by atoms with Gasteiger partial charge in [0, 0.05) is 5.69 Å². The summed E-state index contributed by atoms with van der Waals surface area (Å²) in [6.45, 7) is 4.12. The molecule has 0 aliphatic carbocycles. The summed E-state index contributed by atoms with van der Waals surface area (Å²) in [5.41, 5.74) is 9.82. The number of anilines is 3. The van der Waals surface area contributed by atoms with Crippen LogP contribution < -0.4 is 20.5 Å². The van der Waals surface area contributed by atoms with Crippen molar-refractivity contribution in [1.29, 1.82) is 0 Å². The molecule has 6 heteroatoms. The van der Waals surface area contributed by atoms with Crippen molar-refractivity contribution in [2.45, 2.75) is 13.8 Å². The Labute approximate surface area is 146 Å². The molecule has 128 valence electrons. The lowest BCUT2D eigenvalue weighted by Crippen LogP contribution is -2.03. The van der Waals surface area contributed by atoms with Gasteiger partial charge >= 0.3 is 0 Å². The zero-order chi connectivity index (χ0) is 17.8. The van der Waals surface area contributed by atoms with E-state index in [2.05, 4.69) is 29.1 Å². The molecule has 0 spiro atoms. The average Bonchev–Trinajstić information content (AvgIpc) is 2.62. The van der Waals surface area contributed by atoms with E-state index in [1.165, 1.54) is 17.5 Å². The van der Waals surface area contributed by atoms with Crippen molar-refractivity contribution in [2.75, 3.05) is 18.2 Å². The van der Waals surface area contributed by atoms with E-state index in [4.69, 9.17) is 15.2 Å². The Bertz CT molecular complexity index is 896. The molecule has 2 aromatic carbocycles. The van der Waals surface area contributed by atoms with Gasteiger partial charge in [-0.25, -0.2) is 4.98 Å². The van der Waals surface area contributed by atoms with Crippen LogP contribution in [0.5, 0.6) is 17.4 Å². The van der Waals surface area contributed by atoms with Crippen LogP contribution in [-0.2, 0) is 0 Å². The summed E-state index contributed by atoms with van der Waals surface area (Å²) in [6.07, 6.45) is 1.41. The molecule has 0 saturated heterocycles. The van der Waals surface area contributed by atoms with E-state index in [1.807, 2.05) is 30.3 Å². The molecule has 0 saturated carbocycles. The van der Waals surface area contributed by atoms with E-state index in [-0.39, 0.29) is 5.88 Å². The maximum atomic E-state index is 6.19. The van der Waals surface area contributed by atoms with E-state index in [9.17, 15) is 0 Å². The van der Waals surface area contributed by atoms with E-state index in [1.54, 1.807) is 19.2 Å². The molecule has 0 unspecified atom stereocenters. The number of hydrogen-bond donors (Lipinski definition) is 2. The minimum atomic E-state index is 0.269. The molecule has 0 aliphatic rings. The highest BCUT2D eigenvalue weighted by molar-refractivity contribution is 5.72. The van der Waals surface area contributed by atoms with Crippen LogP contribution in [0.15, 0.2) is 48.8 Å². The largest absolute Gasteiger partial charge is 0.493 e. The summed E-state index contributed by atoms with van der Waals surface area (Å²) in [5.74, 6) is 1.89. The molecule has 0 fully saturated rings. The highest BCUT2D eigenvalue weighted by Crippen LogP contribution is 2.35. The lowest BCUT2D eigenvalue weighted by Gasteiger charge is -2.14. The number of nitrogens with one attached hydrogen (secondary N) is 1. The fourth-order valence-electron chi connectivity index (χ4n) is 2.32. The molecule has 0 amide bonds. The summed E-state index contributed by atoms with van der Waals surface area (Å²) >= 11 is 0. The van der Waals surface area contributed by atoms with Crippen molar-refractivity contribution in [3.05, 3.63) is 59.9 Å². The number of hydrogen-bond acceptors (Lipinski definition) is 6. The van der Waals surface area contributed by atoms with Gasteiger partial charge in [0.25, 0.3) is 0 Å². The van der Waals surface area contributed by atoms with Crippen molar-refractivity contribution < 1.29 is 9.47 Å². The summed E-state index contributed by atoms with van der Waals surface area (Å²) in [7, 11) is 1.58. The van der Waals surface area contributed by atoms with E-state index in [0.29, 0.717) is 23.0 Å². The van der Waals surface area contributed by atoms with Gasteiger partial charge in [0.15, 0.2) is 17.3 Å². The van der Waals surface area contributed by atoms with Crippen LogP contribution in [0.25, 0.3) is 0 Å². The molecule has 3 aromatic rings. The van der Waals surface area contributed by atoms with Gasteiger partial charge < -0.3 is 20.5 Å². The maximum Gasteiger partial charge on any atom is 0.248 e. The number of benzene rings is 2. The Morgan fingerprint density at radius 1 is 0.960 bits per heavy atom. The first-order valence-electron chi connectivity index (χ1n) is 7.84. The summed E-state index contributed by atoms with van der Waals surface area (Å²) in [5, 5.41) is 3.21. The molecule has 1 heterocycles. The van der Waals surface area contributed by atoms with Crippen LogP contribution in [0.4, 0.5) is 17.2 Å². The number of nitrogen functional groups attached to an aromatic ring is 1. The number of aryl methyl sites for hydroxylation is 2. The van der Waals surface area contributed by atoms with Crippen molar-refractivity contribution in [1.82, 2.24) is 9.97 Å². The van der Waals surface area contributed by atoms with Crippen LogP contribution in [0.1, 0.15) is 11.1 Å². The SMILES string of the molecule is COc1ccccc1Oc1ncnc(Nc2ccc(C)c(C)c2)c1N. The van der Waals surface area contributed by atoms with Gasteiger partial charge in [0.05, 0.1) is 7.11 Å². The average molecular weight is 336 g/mol. The Balaban J connectivity index is 1.88. The van der Waals surface area contributed by atoms with Crippen LogP contribution in [0, 0.1) is 13.8 Å².